The predicted molar refractivity (Wildman–Crippen MR) is 119 cm³/mol. The van der Waals surface area contributed by atoms with Crippen molar-refractivity contribution in [3.63, 3.8) is 0 Å². The Morgan fingerprint density at radius 2 is 2.07 bits per heavy atom. The normalized spacial score (nSPS) is 23.4. The highest BCUT2D eigenvalue weighted by Gasteiger charge is 2.29. The smallest absolute Gasteiger partial charge is 0.0472 e. The van der Waals surface area contributed by atoms with Gasteiger partial charge >= 0.3 is 0 Å². The summed E-state index contributed by atoms with van der Waals surface area (Å²) in [7, 11) is 0. The van der Waals surface area contributed by atoms with Gasteiger partial charge in [-0.2, -0.15) is 0 Å². The first-order valence-electron chi connectivity index (χ1n) is 11.4. The van der Waals surface area contributed by atoms with Gasteiger partial charge in [-0.05, 0) is 57.3 Å². The highest BCUT2D eigenvalue weighted by molar-refractivity contribution is 5.24. The van der Waals surface area contributed by atoms with Gasteiger partial charge in [0.25, 0.3) is 0 Å². The van der Waals surface area contributed by atoms with Crippen molar-refractivity contribution < 1.29 is 0 Å². The second kappa shape index (κ2) is 12.1. The summed E-state index contributed by atoms with van der Waals surface area (Å²) in [5.41, 5.74) is 6.64. The minimum atomic E-state index is 0.506. The minimum absolute atomic E-state index is 0.506. The SMILES string of the molecule is C=CNN(C1=C[C@H](CCCC)CC(C2=CC=CCC2)C1)[C@@H](C)CCCCC. The summed E-state index contributed by atoms with van der Waals surface area (Å²) in [5.74, 6) is 1.41. The highest BCUT2D eigenvalue weighted by Crippen LogP contribution is 2.39. The molecule has 0 aliphatic heterocycles. The van der Waals surface area contributed by atoms with Crippen molar-refractivity contribution in [1.29, 1.82) is 0 Å². The summed E-state index contributed by atoms with van der Waals surface area (Å²) in [4.78, 5) is 0. The Labute approximate surface area is 168 Å². The molecule has 152 valence electrons. The Kier molecular flexibility index (Phi) is 9.80. The first-order valence-corrected chi connectivity index (χ1v) is 11.4. The first kappa shape index (κ1) is 21.9. The molecule has 2 rings (SSSR count). The van der Waals surface area contributed by atoms with E-state index >= 15 is 0 Å². The molecule has 0 heterocycles. The molecular formula is C25H42N2. The molecule has 27 heavy (non-hydrogen) atoms. The zero-order chi connectivity index (χ0) is 19.5. The van der Waals surface area contributed by atoms with Crippen LogP contribution in [0.2, 0.25) is 0 Å². The average Bonchev–Trinajstić information content (AvgIpc) is 2.71. The Morgan fingerprint density at radius 3 is 2.74 bits per heavy atom. The van der Waals surface area contributed by atoms with Gasteiger partial charge in [0.05, 0.1) is 0 Å². The van der Waals surface area contributed by atoms with Gasteiger partial charge in [0.15, 0.2) is 0 Å². The quantitative estimate of drug-likeness (QED) is 0.287. The average molecular weight is 371 g/mol. The second-order valence-electron chi connectivity index (χ2n) is 8.45. The Balaban J connectivity index is 2.16. The lowest BCUT2D eigenvalue weighted by atomic mass is 9.76. The molecule has 2 nitrogen and oxygen atoms in total. The van der Waals surface area contributed by atoms with Gasteiger partial charge in [-0.1, -0.05) is 82.4 Å². The zero-order valence-corrected chi connectivity index (χ0v) is 18.1. The van der Waals surface area contributed by atoms with Crippen molar-refractivity contribution >= 4 is 0 Å². The molecule has 0 aromatic heterocycles. The fourth-order valence-corrected chi connectivity index (χ4v) is 4.61. The summed E-state index contributed by atoms with van der Waals surface area (Å²) < 4.78 is 0. The molecule has 2 heteroatoms. The molecule has 0 radical (unpaired) electrons. The minimum Gasteiger partial charge on any atom is -0.306 e. The van der Waals surface area contributed by atoms with Crippen molar-refractivity contribution in [1.82, 2.24) is 10.4 Å². The van der Waals surface area contributed by atoms with Gasteiger partial charge in [0.2, 0.25) is 0 Å². The molecule has 0 aromatic rings. The van der Waals surface area contributed by atoms with Crippen LogP contribution in [0.4, 0.5) is 0 Å². The van der Waals surface area contributed by atoms with Crippen LogP contribution in [0, 0.1) is 11.8 Å². The molecule has 2 aliphatic rings. The fraction of sp³-hybridized carbons (Fsp3) is 0.680. The molecule has 0 fully saturated rings. The Hall–Kier alpha value is -1.44. The Bertz CT molecular complexity index is 528. The van der Waals surface area contributed by atoms with Gasteiger partial charge in [-0.15, -0.1) is 0 Å². The number of unbranched alkanes of at least 4 members (excludes halogenated alkanes) is 3. The summed E-state index contributed by atoms with van der Waals surface area (Å²) in [6.07, 6.45) is 25.5. The van der Waals surface area contributed by atoms with Crippen LogP contribution in [-0.4, -0.2) is 11.1 Å². The highest BCUT2D eigenvalue weighted by atomic mass is 15.5. The summed E-state index contributed by atoms with van der Waals surface area (Å²) >= 11 is 0. The van der Waals surface area contributed by atoms with Crippen LogP contribution in [0.1, 0.15) is 91.4 Å². The zero-order valence-electron chi connectivity index (χ0n) is 18.1. The van der Waals surface area contributed by atoms with Crippen LogP contribution in [0.5, 0.6) is 0 Å². The van der Waals surface area contributed by atoms with E-state index in [-0.39, 0.29) is 0 Å². The molecule has 0 amide bonds. The van der Waals surface area contributed by atoms with Crippen molar-refractivity contribution in [2.24, 2.45) is 11.8 Å². The number of rotatable bonds is 12. The van der Waals surface area contributed by atoms with E-state index in [0.29, 0.717) is 17.9 Å². The standard InChI is InChI=1S/C25H42N2/c1-5-8-11-14-21(4)27(26-7-3)25-19-22(15-9-6-2)18-24(20-25)23-16-12-10-13-17-23/h7,10,12,16,19,21-22,24,26H,3,5-6,8-9,11,13-15,17-18,20H2,1-2,4H3/t21-,22+,24?/m0/s1. The van der Waals surface area contributed by atoms with Crippen molar-refractivity contribution in [3.8, 4) is 0 Å². The second-order valence-corrected chi connectivity index (χ2v) is 8.45. The summed E-state index contributed by atoms with van der Waals surface area (Å²) in [6.45, 7) is 10.9. The van der Waals surface area contributed by atoms with Crippen LogP contribution in [0.3, 0.4) is 0 Å². The van der Waals surface area contributed by atoms with E-state index in [0.717, 1.165) is 0 Å². The van der Waals surface area contributed by atoms with Gasteiger partial charge in [-0.25, -0.2) is 0 Å². The van der Waals surface area contributed by atoms with E-state index in [9.17, 15) is 0 Å². The third-order valence-electron chi connectivity index (χ3n) is 6.18. The van der Waals surface area contributed by atoms with E-state index in [1.54, 1.807) is 5.57 Å². The lowest BCUT2D eigenvalue weighted by Gasteiger charge is -2.39. The van der Waals surface area contributed by atoms with Crippen LogP contribution >= 0.6 is 0 Å². The fourth-order valence-electron chi connectivity index (χ4n) is 4.61. The van der Waals surface area contributed by atoms with E-state index in [4.69, 9.17) is 0 Å². The third-order valence-corrected chi connectivity index (χ3v) is 6.18. The maximum Gasteiger partial charge on any atom is 0.0472 e. The molecular weight excluding hydrogens is 328 g/mol. The number of hydrogen-bond acceptors (Lipinski definition) is 2. The van der Waals surface area contributed by atoms with Crippen molar-refractivity contribution in [3.05, 3.63) is 48.4 Å². The predicted octanol–water partition coefficient (Wildman–Crippen LogP) is 7.28. The maximum atomic E-state index is 3.95. The lowest BCUT2D eigenvalue weighted by Crippen LogP contribution is -2.42. The van der Waals surface area contributed by atoms with Crippen LogP contribution in [0.15, 0.2) is 48.4 Å². The Morgan fingerprint density at radius 1 is 1.26 bits per heavy atom. The molecule has 0 saturated carbocycles. The molecule has 0 bridgehead atoms. The monoisotopic (exact) mass is 370 g/mol. The van der Waals surface area contributed by atoms with Gasteiger partial charge in [0, 0.05) is 17.9 Å². The van der Waals surface area contributed by atoms with Gasteiger partial charge in [-0.3, -0.25) is 5.01 Å². The van der Waals surface area contributed by atoms with Gasteiger partial charge in [0.1, 0.15) is 0 Å². The lowest BCUT2D eigenvalue weighted by molar-refractivity contribution is 0.180. The number of hydrogen-bond donors (Lipinski definition) is 1. The molecule has 0 aromatic carbocycles. The van der Waals surface area contributed by atoms with Crippen molar-refractivity contribution in [2.75, 3.05) is 0 Å². The first-order chi connectivity index (χ1) is 13.2. The summed E-state index contributed by atoms with van der Waals surface area (Å²) in [5, 5.41) is 2.42. The van der Waals surface area contributed by atoms with E-state index < -0.39 is 0 Å². The van der Waals surface area contributed by atoms with Crippen LogP contribution < -0.4 is 5.43 Å². The number of nitrogens with zero attached hydrogens (tertiary/aromatic N) is 1. The van der Waals surface area contributed by atoms with Crippen LogP contribution in [-0.2, 0) is 0 Å². The molecule has 3 atom stereocenters. The number of allylic oxidation sites excluding steroid dienone is 6. The number of hydrazine groups is 1. The van der Waals surface area contributed by atoms with Crippen LogP contribution in [0.25, 0.3) is 0 Å². The molecule has 1 N–H and O–H groups in total. The topological polar surface area (TPSA) is 15.3 Å². The maximum absolute atomic E-state index is 3.95. The largest absolute Gasteiger partial charge is 0.306 e. The molecule has 2 aliphatic carbocycles. The van der Waals surface area contributed by atoms with E-state index in [1.807, 2.05) is 6.20 Å². The molecule has 0 spiro atoms. The van der Waals surface area contributed by atoms with E-state index in [2.05, 4.69) is 62.1 Å². The van der Waals surface area contributed by atoms with Crippen molar-refractivity contribution in [2.45, 2.75) is 97.4 Å². The van der Waals surface area contributed by atoms with E-state index in [1.165, 1.54) is 76.3 Å². The third kappa shape index (κ3) is 6.90. The molecule has 1 unspecified atom stereocenters. The summed E-state index contributed by atoms with van der Waals surface area (Å²) in [6, 6.07) is 0.506. The molecule has 0 saturated heterocycles. The number of nitrogens with one attached hydrogen (secondary N) is 1. The van der Waals surface area contributed by atoms with Gasteiger partial charge < -0.3 is 5.43 Å².